The molecule has 1 aromatic carbocycles. The largest absolute Gasteiger partial charge is 0.508 e. The fourth-order valence-corrected chi connectivity index (χ4v) is 5.26. The first kappa shape index (κ1) is 37.1. The van der Waals surface area contributed by atoms with Crippen molar-refractivity contribution in [1.29, 1.82) is 0 Å². The fourth-order valence-electron chi connectivity index (χ4n) is 5.26. The number of phenolic OH excluding ortho intramolecular Hbond substituents is 1. The molecule has 0 bridgehead atoms. The Morgan fingerprint density at radius 1 is 0.723 bits per heavy atom. The number of methoxy groups -OCH3 is 1. The van der Waals surface area contributed by atoms with Crippen molar-refractivity contribution < 1.29 is 81.6 Å². The van der Waals surface area contributed by atoms with Gasteiger partial charge in [-0.1, -0.05) is 12.1 Å². The quantitative estimate of drug-likeness (QED) is 0.236. The number of hydrogen-bond acceptors (Lipinski definition) is 17. The van der Waals surface area contributed by atoms with Crippen molar-refractivity contribution in [1.82, 2.24) is 0 Å². The maximum absolute atomic E-state index is 12.4. The van der Waals surface area contributed by atoms with Gasteiger partial charge in [0.2, 0.25) is 0 Å². The molecule has 10 atom stereocenters. The van der Waals surface area contributed by atoms with Crippen LogP contribution in [-0.4, -0.2) is 115 Å². The zero-order valence-corrected chi connectivity index (χ0v) is 26.5. The van der Waals surface area contributed by atoms with Gasteiger partial charge in [-0.15, -0.1) is 0 Å². The molecule has 0 aliphatic carbocycles. The molecule has 1 aromatic rings. The Morgan fingerprint density at radius 2 is 1.28 bits per heavy atom. The molecule has 3 rings (SSSR count). The van der Waals surface area contributed by atoms with Gasteiger partial charge in [-0.3, -0.25) is 28.8 Å². The summed E-state index contributed by atoms with van der Waals surface area (Å²) in [5.74, 6) is -5.19. The van der Waals surface area contributed by atoms with Gasteiger partial charge in [0.25, 0.3) is 0 Å². The van der Waals surface area contributed by atoms with Gasteiger partial charge in [-0.25, -0.2) is 0 Å². The average Bonchev–Trinajstić information content (AvgIpc) is 2.97. The zero-order valence-electron chi connectivity index (χ0n) is 26.5. The molecule has 2 aliphatic rings. The van der Waals surface area contributed by atoms with Crippen LogP contribution in [-0.2, 0) is 71.4 Å². The molecule has 0 unspecified atom stereocenters. The van der Waals surface area contributed by atoms with E-state index in [4.69, 9.17) is 42.6 Å². The second-order valence-corrected chi connectivity index (χ2v) is 10.7. The summed E-state index contributed by atoms with van der Waals surface area (Å²) in [4.78, 5) is 72.9. The predicted octanol–water partition coefficient (Wildman–Crippen LogP) is 0.156. The van der Waals surface area contributed by atoms with Gasteiger partial charge in [0.05, 0.1) is 13.5 Å². The number of ether oxygens (including phenoxy) is 9. The minimum atomic E-state index is -1.78. The van der Waals surface area contributed by atoms with Crippen LogP contribution in [0.25, 0.3) is 0 Å². The van der Waals surface area contributed by atoms with E-state index in [-0.39, 0.29) is 11.3 Å². The van der Waals surface area contributed by atoms with Gasteiger partial charge in [-0.05, 0) is 17.7 Å². The molecule has 2 aliphatic heterocycles. The van der Waals surface area contributed by atoms with E-state index in [2.05, 4.69) is 0 Å². The first-order valence-corrected chi connectivity index (χ1v) is 14.4. The Kier molecular flexibility index (Phi) is 13.0. The summed E-state index contributed by atoms with van der Waals surface area (Å²) in [6, 6.07) is 5.66. The first-order chi connectivity index (χ1) is 22.1. The summed E-state index contributed by atoms with van der Waals surface area (Å²) in [6.45, 7) is 4.74. The van der Waals surface area contributed by atoms with Crippen molar-refractivity contribution in [3.05, 3.63) is 29.8 Å². The Morgan fingerprint density at radius 3 is 1.81 bits per heavy atom. The summed E-state index contributed by atoms with van der Waals surface area (Å²) in [5.41, 5.74) is 0.240. The van der Waals surface area contributed by atoms with E-state index in [1.54, 1.807) is 0 Å². The van der Waals surface area contributed by atoms with Gasteiger partial charge in [0.15, 0.2) is 30.7 Å². The Balaban J connectivity index is 2.15. The van der Waals surface area contributed by atoms with E-state index >= 15 is 0 Å². The van der Waals surface area contributed by atoms with Crippen LogP contribution in [0.5, 0.6) is 5.75 Å². The Labute approximate surface area is 269 Å². The predicted molar refractivity (Wildman–Crippen MR) is 151 cm³/mol. The third-order valence-electron chi connectivity index (χ3n) is 6.99. The zero-order chi connectivity index (χ0) is 35.0. The standard InChI is InChI=1S/C30H38O17/c1-13(31)40-12-21-26(42-15(3)33)28(43-16(4)34)29(44-17(5)35)30(46-21)47-27-23(38)24(18-8-7-9-19(36)10-18)45-20(11-22(37)39-6)25(27)41-14(2)32/h7-10,20-21,23-30,36,38H,11-12H2,1-6H3/t20-,21-,23-,24-,25-,26-,27-,28+,29+,30-/m1/s1. The molecule has 2 heterocycles. The van der Waals surface area contributed by atoms with Crippen molar-refractivity contribution in [2.75, 3.05) is 13.7 Å². The second-order valence-electron chi connectivity index (χ2n) is 10.7. The summed E-state index contributed by atoms with van der Waals surface area (Å²) in [6.07, 6.45) is -15.9. The number of aliphatic hydroxyl groups is 1. The molecule has 2 saturated heterocycles. The highest BCUT2D eigenvalue weighted by Crippen LogP contribution is 2.40. The number of benzene rings is 1. The average molecular weight is 671 g/mol. The minimum Gasteiger partial charge on any atom is -0.508 e. The summed E-state index contributed by atoms with van der Waals surface area (Å²) < 4.78 is 49.8. The topological polar surface area (TPSA) is 226 Å². The van der Waals surface area contributed by atoms with Crippen molar-refractivity contribution in [3.8, 4) is 5.75 Å². The Bertz CT molecular complexity index is 1310. The SMILES string of the molecule is COC(=O)C[C@H]1O[C@H](c2cccc(O)c2)[C@@H](O)[C@@H](O[C@H]2O[C@H](COC(C)=O)[C@@H](OC(C)=O)[C@H](OC(C)=O)[C@@H]2OC(C)=O)[C@@H]1OC(C)=O. The highest BCUT2D eigenvalue weighted by Gasteiger charge is 2.56. The number of rotatable bonds is 11. The van der Waals surface area contributed by atoms with Gasteiger partial charge in [0.1, 0.15) is 42.9 Å². The van der Waals surface area contributed by atoms with E-state index in [0.717, 1.165) is 41.7 Å². The van der Waals surface area contributed by atoms with Crippen molar-refractivity contribution >= 4 is 35.8 Å². The lowest BCUT2D eigenvalue weighted by molar-refractivity contribution is -0.344. The van der Waals surface area contributed by atoms with E-state index in [1.165, 1.54) is 24.3 Å². The molecule has 47 heavy (non-hydrogen) atoms. The molecular formula is C30H38O17. The smallest absolute Gasteiger partial charge is 0.308 e. The Hall–Kier alpha value is -4.32. The maximum atomic E-state index is 12.4. The molecule has 17 heteroatoms. The number of aromatic hydroxyl groups is 1. The van der Waals surface area contributed by atoms with E-state index in [0.29, 0.717) is 0 Å². The first-order valence-electron chi connectivity index (χ1n) is 14.4. The fraction of sp³-hybridized carbons (Fsp3) is 0.600. The molecule has 260 valence electrons. The number of carbonyl (C=O) groups is 6. The van der Waals surface area contributed by atoms with Gasteiger partial charge >= 0.3 is 35.8 Å². The summed E-state index contributed by atoms with van der Waals surface area (Å²) >= 11 is 0. The van der Waals surface area contributed by atoms with Crippen LogP contribution >= 0.6 is 0 Å². The summed E-state index contributed by atoms with van der Waals surface area (Å²) in [5, 5.41) is 21.8. The molecule has 0 amide bonds. The lowest BCUT2D eigenvalue weighted by atomic mass is 9.89. The van der Waals surface area contributed by atoms with Gasteiger partial charge < -0.3 is 52.8 Å². The normalized spacial score (nSPS) is 30.3. The van der Waals surface area contributed by atoms with Crippen LogP contribution in [0.2, 0.25) is 0 Å². The lowest BCUT2D eigenvalue weighted by Crippen LogP contribution is -2.65. The van der Waals surface area contributed by atoms with Crippen molar-refractivity contribution in [2.24, 2.45) is 0 Å². The molecule has 0 spiro atoms. The van der Waals surface area contributed by atoms with Crippen LogP contribution in [0.3, 0.4) is 0 Å². The number of phenols is 1. The maximum Gasteiger partial charge on any atom is 0.308 e. The molecule has 2 fully saturated rings. The highest BCUT2D eigenvalue weighted by molar-refractivity contribution is 5.71. The number of hydrogen-bond donors (Lipinski definition) is 2. The van der Waals surface area contributed by atoms with Crippen LogP contribution < -0.4 is 0 Å². The molecule has 2 N–H and O–H groups in total. The molecular weight excluding hydrogens is 632 g/mol. The molecule has 0 radical (unpaired) electrons. The molecule has 0 saturated carbocycles. The summed E-state index contributed by atoms with van der Waals surface area (Å²) in [7, 11) is 1.12. The van der Waals surface area contributed by atoms with Crippen LogP contribution in [0.1, 0.15) is 52.7 Å². The minimum absolute atomic E-state index is 0.179. The number of aliphatic hydroxyl groups excluding tert-OH is 1. The van der Waals surface area contributed by atoms with Crippen LogP contribution in [0.4, 0.5) is 0 Å². The van der Waals surface area contributed by atoms with E-state index < -0.39 is 110 Å². The van der Waals surface area contributed by atoms with Gasteiger partial charge in [0, 0.05) is 34.6 Å². The van der Waals surface area contributed by atoms with Crippen LogP contribution in [0.15, 0.2) is 24.3 Å². The second kappa shape index (κ2) is 16.5. The van der Waals surface area contributed by atoms with Gasteiger partial charge in [-0.2, -0.15) is 0 Å². The molecule has 17 nitrogen and oxygen atoms in total. The van der Waals surface area contributed by atoms with Crippen molar-refractivity contribution in [3.63, 3.8) is 0 Å². The van der Waals surface area contributed by atoms with E-state index in [9.17, 15) is 39.0 Å². The lowest BCUT2D eigenvalue weighted by Gasteiger charge is -2.48. The van der Waals surface area contributed by atoms with E-state index in [1.807, 2.05) is 0 Å². The number of esters is 6. The highest BCUT2D eigenvalue weighted by atomic mass is 16.7. The number of carbonyl (C=O) groups excluding carboxylic acids is 6. The monoisotopic (exact) mass is 670 g/mol. The molecule has 0 aromatic heterocycles. The van der Waals surface area contributed by atoms with Crippen LogP contribution in [0, 0.1) is 0 Å². The third kappa shape index (κ3) is 10.1. The van der Waals surface area contributed by atoms with Crippen molar-refractivity contribution in [2.45, 2.75) is 102 Å². The third-order valence-corrected chi connectivity index (χ3v) is 6.99.